The van der Waals surface area contributed by atoms with Gasteiger partial charge in [0.25, 0.3) is 0 Å². The first-order valence-electron chi connectivity index (χ1n) is 4.33. The van der Waals surface area contributed by atoms with Gasteiger partial charge in [0.2, 0.25) is 0 Å². The molecule has 72 valence electrons. The van der Waals surface area contributed by atoms with Crippen molar-refractivity contribution in [1.29, 1.82) is 0 Å². The number of nitrogens with one attached hydrogen (secondary N) is 1. The molecule has 13 heavy (non-hydrogen) atoms. The summed E-state index contributed by atoms with van der Waals surface area (Å²) in [5.74, 6) is 0.855. The summed E-state index contributed by atoms with van der Waals surface area (Å²) in [4.78, 5) is 1.17. The highest BCUT2D eigenvalue weighted by Gasteiger charge is 2.02. The Kier molecular flexibility index (Phi) is 4.25. The Balaban J connectivity index is 2.89. The molecule has 1 aromatic carbocycles. The van der Waals surface area contributed by atoms with Crippen LogP contribution in [0.15, 0.2) is 23.1 Å². The van der Waals surface area contributed by atoms with Gasteiger partial charge >= 0.3 is 0 Å². The van der Waals surface area contributed by atoms with Crippen molar-refractivity contribution in [3.05, 3.63) is 29.6 Å². The third-order valence-corrected chi connectivity index (χ3v) is 2.69. The van der Waals surface area contributed by atoms with Crippen LogP contribution in [0, 0.1) is 5.82 Å². The Morgan fingerprint density at radius 1 is 1.46 bits per heavy atom. The van der Waals surface area contributed by atoms with Gasteiger partial charge in [-0.25, -0.2) is 4.39 Å². The second-order valence-corrected chi connectivity index (χ2v) is 4.02. The molecule has 3 heteroatoms. The molecule has 0 aliphatic heterocycles. The van der Waals surface area contributed by atoms with Crippen LogP contribution in [0.25, 0.3) is 0 Å². The van der Waals surface area contributed by atoms with E-state index in [1.807, 2.05) is 13.1 Å². The zero-order valence-corrected chi connectivity index (χ0v) is 8.75. The molecule has 0 atom stereocenters. The lowest BCUT2D eigenvalue weighted by Crippen LogP contribution is -2.06. The lowest BCUT2D eigenvalue weighted by atomic mass is 10.2. The fraction of sp³-hybridized carbons (Fsp3) is 0.400. The minimum absolute atomic E-state index is 0.161. The van der Waals surface area contributed by atoms with Crippen LogP contribution in [-0.2, 0) is 6.54 Å². The number of rotatable bonds is 4. The normalized spacial score (nSPS) is 10.4. The number of thioether (sulfide) groups is 1. The summed E-state index contributed by atoms with van der Waals surface area (Å²) in [6.45, 7) is 2.82. The van der Waals surface area contributed by atoms with E-state index in [-0.39, 0.29) is 5.82 Å². The van der Waals surface area contributed by atoms with E-state index in [1.165, 1.54) is 11.0 Å². The predicted molar refractivity (Wildman–Crippen MR) is 55.6 cm³/mol. The van der Waals surface area contributed by atoms with E-state index in [0.717, 1.165) is 17.9 Å². The highest BCUT2D eigenvalue weighted by atomic mass is 32.2. The summed E-state index contributed by atoms with van der Waals surface area (Å²) in [5.41, 5.74) is 1.04. The van der Waals surface area contributed by atoms with Crippen LogP contribution in [0.2, 0.25) is 0 Å². The molecule has 0 fully saturated rings. The minimum atomic E-state index is -0.161. The monoisotopic (exact) mass is 199 g/mol. The van der Waals surface area contributed by atoms with Gasteiger partial charge in [0.1, 0.15) is 5.82 Å². The molecule has 0 saturated carbocycles. The molecule has 0 heterocycles. The Hall–Kier alpha value is -0.540. The zero-order chi connectivity index (χ0) is 9.68. The van der Waals surface area contributed by atoms with Gasteiger partial charge in [-0.1, -0.05) is 6.92 Å². The standard InChI is InChI=1S/C10H14FNS/c1-3-13-10-5-4-9(11)6-8(10)7-12-2/h4-6,12H,3,7H2,1-2H3. The number of halogens is 1. The lowest BCUT2D eigenvalue weighted by Gasteiger charge is -2.07. The summed E-state index contributed by atoms with van der Waals surface area (Å²) in [5, 5.41) is 3.03. The quantitative estimate of drug-likeness (QED) is 0.748. The predicted octanol–water partition coefficient (Wildman–Crippen LogP) is 2.66. The van der Waals surface area contributed by atoms with E-state index in [1.54, 1.807) is 17.8 Å². The first kappa shape index (κ1) is 10.5. The second kappa shape index (κ2) is 5.25. The van der Waals surface area contributed by atoms with Crippen LogP contribution in [0.5, 0.6) is 0 Å². The zero-order valence-electron chi connectivity index (χ0n) is 7.93. The summed E-state index contributed by atoms with van der Waals surface area (Å²) in [6.07, 6.45) is 0. The van der Waals surface area contributed by atoms with Gasteiger partial charge < -0.3 is 5.32 Å². The molecule has 0 spiro atoms. The number of benzene rings is 1. The second-order valence-electron chi connectivity index (χ2n) is 2.72. The molecule has 0 aliphatic carbocycles. The van der Waals surface area contributed by atoms with Gasteiger partial charge in [-0.15, -0.1) is 11.8 Å². The molecule has 1 aromatic rings. The summed E-state index contributed by atoms with van der Waals surface area (Å²) in [6, 6.07) is 4.95. The fourth-order valence-electron chi connectivity index (χ4n) is 1.17. The third kappa shape index (κ3) is 3.01. The van der Waals surface area contributed by atoms with Crippen molar-refractivity contribution in [2.45, 2.75) is 18.4 Å². The van der Waals surface area contributed by atoms with E-state index in [2.05, 4.69) is 12.2 Å². The molecule has 0 bridgehead atoms. The number of hydrogen-bond donors (Lipinski definition) is 1. The smallest absolute Gasteiger partial charge is 0.123 e. The van der Waals surface area contributed by atoms with Gasteiger partial charge in [0.05, 0.1) is 0 Å². The maximum absolute atomic E-state index is 12.9. The topological polar surface area (TPSA) is 12.0 Å². The van der Waals surface area contributed by atoms with Crippen LogP contribution in [-0.4, -0.2) is 12.8 Å². The molecule has 0 saturated heterocycles. The molecule has 0 aromatic heterocycles. The Labute approximate surface area is 82.7 Å². The van der Waals surface area contributed by atoms with E-state index in [0.29, 0.717) is 0 Å². The summed E-state index contributed by atoms with van der Waals surface area (Å²) in [7, 11) is 1.87. The van der Waals surface area contributed by atoms with Crippen LogP contribution in [0.4, 0.5) is 4.39 Å². The Bertz CT molecular complexity index is 276. The van der Waals surface area contributed by atoms with Crippen LogP contribution >= 0.6 is 11.8 Å². The van der Waals surface area contributed by atoms with Crippen molar-refractivity contribution in [3.63, 3.8) is 0 Å². The van der Waals surface area contributed by atoms with Crippen LogP contribution < -0.4 is 5.32 Å². The van der Waals surface area contributed by atoms with Gasteiger partial charge in [0, 0.05) is 11.4 Å². The van der Waals surface area contributed by atoms with Gasteiger partial charge in [0.15, 0.2) is 0 Å². The van der Waals surface area contributed by atoms with Gasteiger partial charge in [-0.3, -0.25) is 0 Å². The van der Waals surface area contributed by atoms with Crippen molar-refractivity contribution in [2.75, 3.05) is 12.8 Å². The van der Waals surface area contributed by atoms with E-state index in [4.69, 9.17) is 0 Å². The average molecular weight is 199 g/mol. The number of hydrogen-bond acceptors (Lipinski definition) is 2. The van der Waals surface area contributed by atoms with Crippen LogP contribution in [0.3, 0.4) is 0 Å². The van der Waals surface area contributed by atoms with Crippen molar-refractivity contribution < 1.29 is 4.39 Å². The minimum Gasteiger partial charge on any atom is -0.316 e. The first-order chi connectivity index (χ1) is 6.27. The molecule has 0 radical (unpaired) electrons. The fourth-order valence-corrected chi connectivity index (χ4v) is 1.96. The van der Waals surface area contributed by atoms with Gasteiger partial charge in [-0.2, -0.15) is 0 Å². The molecule has 0 aliphatic rings. The first-order valence-corrected chi connectivity index (χ1v) is 5.32. The maximum atomic E-state index is 12.9. The van der Waals surface area contributed by atoms with E-state index in [9.17, 15) is 4.39 Å². The highest BCUT2D eigenvalue weighted by molar-refractivity contribution is 7.99. The van der Waals surface area contributed by atoms with Crippen molar-refractivity contribution in [1.82, 2.24) is 5.32 Å². The van der Waals surface area contributed by atoms with Crippen molar-refractivity contribution in [2.24, 2.45) is 0 Å². The molecule has 0 unspecified atom stereocenters. The van der Waals surface area contributed by atoms with Crippen molar-refractivity contribution >= 4 is 11.8 Å². The molecular weight excluding hydrogens is 185 g/mol. The highest BCUT2D eigenvalue weighted by Crippen LogP contribution is 2.23. The van der Waals surface area contributed by atoms with E-state index < -0.39 is 0 Å². The lowest BCUT2D eigenvalue weighted by molar-refractivity contribution is 0.621. The van der Waals surface area contributed by atoms with Crippen molar-refractivity contribution in [3.8, 4) is 0 Å². The van der Waals surface area contributed by atoms with E-state index >= 15 is 0 Å². The third-order valence-electron chi connectivity index (χ3n) is 1.69. The largest absolute Gasteiger partial charge is 0.316 e. The molecule has 1 nitrogen and oxygen atoms in total. The summed E-state index contributed by atoms with van der Waals surface area (Å²) >= 11 is 1.74. The maximum Gasteiger partial charge on any atom is 0.123 e. The molecular formula is C10H14FNS. The van der Waals surface area contributed by atoms with Gasteiger partial charge in [-0.05, 0) is 36.6 Å². The molecule has 1 N–H and O–H groups in total. The molecule has 1 rings (SSSR count). The Morgan fingerprint density at radius 3 is 2.85 bits per heavy atom. The van der Waals surface area contributed by atoms with Crippen LogP contribution in [0.1, 0.15) is 12.5 Å². The summed E-state index contributed by atoms with van der Waals surface area (Å²) < 4.78 is 12.9. The Morgan fingerprint density at radius 2 is 2.23 bits per heavy atom. The SMILES string of the molecule is CCSc1ccc(F)cc1CNC. The average Bonchev–Trinajstić information content (AvgIpc) is 2.10. The molecule has 0 amide bonds.